The van der Waals surface area contributed by atoms with Crippen LogP contribution in [0.3, 0.4) is 0 Å². The van der Waals surface area contributed by atoms with E-state index in [-0.39, 0.29) is 20.9 Å². The van der Waals surface area contributed by atoms with E-state index in [0.717, 1.165) is 0 Å². The van der Waals surface area contributed by atoms with Crippen LogP contribution in [0.4, 0.5) is 0 Å². The fraction of sp³-hybridized carbons (Fsp3) is 0.778. The van der Waals surface area contributed by atoms with E-state index < -0.39 is 0 Å². The third-order valence-electron chi connectivity index (χ3n) is 1.09. The third-order valence-corrected chi connectivity index (χ3v) is 4.46. The molecule has 0 rings (SSSR count). The van der Waals surface area contributed by atoms with E-state index >= 15 is 0 Å². The van der Waals surface area contributed by atoms with Crippen molar-refractivity contribution in [3.63, 3.8) is 0 Å². The Hall–Kier alpha value is 0.700. The Labute approximate surface area is 85.0 Å². The first-order valence-electron chi connectivity index (χ1n) is 4.15. The quantitative estimate of drug-likeness (QED) is 0.425. The normalized spacial score (nSPS) is 8.91. The summed E-state index contributed by atoms with van der Waals surface area (Å²) in [4.78, 5) is 0. The molecule has 0 aromatic heterocycles. The summed E-state index contributed by atoms with van der Waals surface area (Å²) in [5, 5.41) is 3.17. The van der Waals surface area contributed by atoms with Crippen molar-refractivity contribution in [2.45, 2.75) is 37.6 Å². The van der Waals surface area contributed by atoms with Crippen molar-refractivity contribution in [2.75, 3.05) is 5.75 Å². The molecule has 0 saturated carbocycles. The summed E-state index contributed by atoms with van der Waals surface area (Å²) < 4.78 is 4.70. The van der Waals surface area contributed by atoms with Gasteiger partial charge in [-0.1, -0.05) is 0 Å². The van der Waals surface area contributed by atoms with Crippen LogP contribution in [0.15, 0.2) is 0 Å². The van der Waals surface area contributed by atoms with Gasteiger partial charge in [0.05, 0.1) is 0 Å². The molecule has 0 radical (unpaired) electrons. The van der Waals surface area contributed by atoms with Crippen molar-refractivity contribution in [1.82, 2.24) is 0 Å². The summed E-state index contributed by atoms with van der Waals surface area (Å²) in [7, 11) is 0. The molecule has 0 fully saturated rings. The van der Waals surface area contributed by atoms with Crippen LogP contribution in [0.5, 0.6) is 0 Å². The van der Waals surface area contributed by atoms with Crippen molar-refractivity contribution >= 4 is 32.7 Å². The first kappa shape index (κ1) is 11.7. The van der Waals surface area contributed by atoms with E-state index in [2.05, 4.69) is 23.1 Å². The summed E-state index contributed by atoms with van der Waals surface area (Å²) in [6.45, 7) is 4.44. The first-order chi connectivity index (χ1) is 5.41. The average Bonchev–Trinajstić information content (AvgIpc) is 2.03. The Morgan fingerprint density at radius 2 is 2.09 bits per heavy atom. The molecular formula is C9H16STe. The summed E-state index contributed by atoms with van der Waals surface area (Å²) in [6, 6.07) is 0. The molecular weight excluding hydrogens is 268 g/mol. The van der Waals surface area contributed by atoms with Crippen LogP contribution < -0.4 is 0 Å². The van der Waals surface area contributed by atoms with Crippen LogP contribution in [0, 0.1) is 9.22 Å². The van der Waals surface area contributed by atoms with Crippen LogP contribution in [0.25, 0.3) is 0 Å². The number of unbranched alkanes of at least 4 members (excludes halogenated alkanes) is 1. The van der Waals surface area contributed by atoms with Gasteiger partial charge in [-0.25, -0.2) is 0 Å². The van der Waals surface area contributed by atoms with E-state index in [9.17, 15) is 0 Å². The van der Waals surface area contributed by atoms with E-state index in [1.807, 2.05) is 0 Å². The molecule has 0 spiro atoms. The monoisotopic (exact) mass is 286 g/mol. The SMILES string of the molecule is CCCC[Te]C#CSCCC. The molecule has 0 aromatic rings. The van der Waals surface area contributed by atoms with Gasteiger partial charge in [-0.05, 0) is 0 Å². The maximum atomic E-state index is 3.30. The molecule has 0 amide bonds. The summed E-state index contributed by atoms with van der Waals surface area (Å²) >= 11 is 1.84. The molecule has 0 aromatic carbocycles. The van der Waals surface area contributed by atoms with Gasteiger partial charge in [-0.3, -0.25) is 0 Å². The van der Waals surface area contributed by atoms with Crippen LogP contribution in [0.1, 0.15) is 33.1 Å². The zero-order valence-electron chi connectivity index (χ0n) is 7.35. The average molecular weight is 284 g/mol. The van der Waals surface area contributed by atoms with Crippen LogP contribution in [0.2, 0.25) is 4.47 Å². The molecule has 0 aliphatic carbocycles. The predicted octanol–water partition coefficient (Wildman–Crippen LogP) is 2.97. The third kappa shape index (κ3) is 10.7. The summed E-state index contributed by atoms with van der Waals surface area (Å²) in [5.74, 6) is 1.20. The molecule has 0 atom stereocenters. The summed E-state index contributed by atoms with van der Waals surface area (Å²) in [5.41, 5.74) is 0. The van der Waals surface area contributed by atoms with Gasteiger partial charge in [0.25, 0.3) is 0 Å². The van der Waals surface area contributed by atoms with Crippen molar-refractivity contribution in [3.05, 3.63) is 0 Å². The van der Waals surface area contributed by atoms with Crippen molar-refractivity contribution in [2.24, 2.45) is 0 Å². The van der Waals surface area contributed by atoms with Crippen LogP contribution in [-0.2, 0) is 0 Å². The predicted molar refractivity (Wildman–Crippen MR) is 56.0 cm³/mol. The second-order valence-electron chi connectivity index (χ2n) is 2.25. The van der Waals surface area contributed by atoms with Gasteiger partial charge in [0.15, 0.2) is 0 Å². The molecule has 0 saturated heterocycles. The Bertz CT molecular complexity index is 123. The molecule has 0 nitrogen and oxygen atoms in total. The molecule has 11 heavy (non-hydrogen) atoms. The Morgan fingerprint density at radius 3 is 2.73 bits per heavy atom. The van der Waals surface area contributed by atoms with Gasteiger partial charge in [0.2, 0.25) is 0 Å². The zero-order valence-corrected chi connectivity index (χ0v) is 10.5. The van der Waals surface area contributed by atoms with Gasteiger partial charge in [0.1, 0.15) is 0 Å². The van der Waals surface area contributed by atoms with Gasteiger partial charge < -0.3 is 0 Å². The van der Waals surface area contributed by atoms with E-state index in [4.69, 9.17) is 0 Å². The molecule has 0 N–H and O–H groups in total. The maximum absolute atomic E-state index is 3.30. The number of thioether (sulfide) groups is 1. The molecule has 0 bridgehead atoms. The van der Waals surface area contributed by atoms with Crippen molar-refractivity contribution in [1.29, 1.82) is 0 Å². The van der Waals surface area contributed by atoms with Gasteiger partial charge >= 0.3 is 85.2 Å². The fourth-order valence-corrected chi connectivity index (χ4v) is 3.44. The Morgan fingerprint density at radius 1 is 1.27 bits per heavy atom. The van der Waals surface area contributed by atoms with Crippen molar-refractivity contribution in [3.8, 4) is 9.22 Å². The van der Waals surface area contributed by atoms with Crippen LogP contribution >= 0.6 is 11.8 Å². The molecule has 0 aliphatic heterocycles. The second-order valence-corrected chi connectivity index (χ2v) is 5.73. The van der Waals surface area contributed by atoms with Gasteiger partial charge in [-0.15, -0.1) is 0 Å². The van der Waals surface area contributed by atoms with Gasteiger partial charge in [-0.2, -0.15) is 0 Å². The minimum atomic E-state index is 0.0606. The molecule has 0 unspecified atom stereocenters. The second kappa shape index (κ2) is 10.7. The molecule has 0 aliphatic rings. The minimum absolute atomic E-state index is 0.0606. The first-order valence-corrected chi connectivity index (χ1v) is 7.95. The van der Waals surface area contributed by atoms with Gasteiger partial charge in [0, 0.05) is 0 Å². The standard InChI is InChI=1S/C9H16STe/c1-3-5-8-11-9-7-10-6-4-2/h3-6,8H2,1-2H3. The molecule has 0 heterocycles. The molecule has 64 valence electrons. The van der Waals surface area contributed by atoms with Crippen molar-refractivity contribution < 1.29 is 0 Å². The topological polar surface area (TPSA) is 0 Å². The Kier molecular flexibility index (Phi) is 11.4. The number of hydrogen-bond acceptors (Lipinski definition) is 1. The Balaban J connectivity index is 2.99. The fourth-order valence-electron chi connectivity index (χ4n) is 0.480. The molecule has 2 heteroatoms. The van der Waals surface area contributed by atoms with E-state index in [1.165, 1.54) is 29.5 Å². The van der Waals surface area contributed by atoms with Crippen LogP contribution in [-0.4, -0.2) is 26.7 Å². The summed E-state index contributed by atoms with van der Waals surface area (Å²) in [6.07, 6.45) is 3.96. The number of rotatable bonds is 5. The number of hydrogen-bond donors (Lipinski definition) is 0. The zero-order chi connectivity index (χ0) is 8.36. The van der Waals surface area contributed by atoms with E-state index in [0.29, 0.717) is 0 Å². The van der Waals surface area contributed by atoms with E-state index in [1.54, 1.807) is 11.8 Å².